The van der Waals surface area contributed by atoms with Gasteiger partial charge in [-0.3, -0.25) is 9.36 Å². The van der Waals surface area contributed by atoms with Crippen molar-refractivity contribution >= 4 is 51.6 Å². The number of carbonyl (C=O) groups excluding carboxylic acids is 2. The molecule has 0 atom stereocenters. The van der Waals surface area contributed by atoms with Gasteiger partial charge in [-0.1, -0.05) is 35.9 Å². The van der Waals surface area contributed by atoms with Crippen molar-refractivity contribution in [1.29, 1.82) is 0 Å². The maximum absolute atomic E-state index is 12.8. The van der Waals surface area contributed by atoms with Gasteiger partial charge in [-0.2, -0.15) is 0 Å². The molecule has 1 amide bonds. The first-order chi connectivity index (χ1) is 16.5. The Morgan fingerprint density at radius 2 is 2.00 bits per heavy atom. The molecule has 3 aromatic rings. The Morgan fingerprint density at radius 3 is 2.74 bits per heavy atom. The van der Waals surface area contributed by atoms with Crippen molar-refractivity contribution in [2.45, 2.75) is 43.8 Å². The van der Waals surface area contributed by atoms with Crippen LogP contribution in [-0.2, 0) is 28.9 Å². The normalized spacial score (nSPS) is 13.1. The molecule has 0 radical (unpaired) electrons. The monoisotopic (exact) mass is 516 g/mol. The molecule has 10 heteroatoms. The van der Waals surface area contributed by atoms with Gasteiger partial charge in [0.25, 0.3) is 0 Å². The minimum atomic E-state index is -0.402. The van der Waals surface area contributed by atoms with E-state index in [1.54, 1.807) is 18.2 Å². The molecule has 2 heterocycles. The van der Waals surface area contributed by atoms with Crippen molar-refractivity contribution in [3.05, 3.63) is 57.9 Å². The van der Waals surface area contributed by atoms with Crippen molar-refractivity contribution in [2.24, 2.45) is 0 Å². The van der Waals surface area contributed by atoms with Gasteiger partial charge in [0.2, 0.25) is 5.91 Å². The average Bonchev–Trinajstić information content (AvgIpc) is 3.30. The fourth-order valence-corrected chi connectivity index (χ4v) is 6.11. The Bertz CT molecular complexity index is 1200. The third kappa shape index (κ3) is 5.37. The number of amides is 1. The van der Waals surface area contributed by atoms with Crippen molar-refractivity contribution in [2.75, 3.05) is 18.2 Å². The molecule has 1 aromatic carbocycles. The number of rotatable bonds is 8. The van der Waals surface area contributed by atoms with Crippen LogP contribution in [0.1, 0.15) is 40.1 Å². The lowest BCUT2D eigenvalue weighted by molar-refractivity contribution is -0.113. The minimum Gasteiger partial charge on any atom is -0.465 e. The summed E-state index contributed by atoms with van der Waals surface area (Å²) in [6.45, 7) is 4.32. The highest BCUT2D eigenvalue weighted by Crippen LogP contribution is 2.38. The van der Waals surface area contributed by atoms with Gasteiger partial charge in [0.15, 0.2) is 11.0 Å². The summed E-state index contributed by atoms with van der Waals surface area (Å²) in [5, 5.41) is 13.3. The topological polar surface area (TPSA) is 86.1 Å². The molecule has 2 aromatic heterocycles. The molecule has 7 nitrogen and oxygen atoms in total. The van der Waals surface area contributed by atoms with Gasteiger partial charge in [0, 0.05) is 22.0 Å². The summed E-state index contributed by atoms with van der Waals surface area (Å²) < 4.78 is 6.92. The van der Waals surface area contributed by atoms with Gasteiger partial charge in [-0.25, -0.2) is 4.79 Å². The Morgan fingerprint density at radius 1 is 1.24 bits per heavy atom. The molecular formula is C24H25ClN4O3S2. The number of fused-ring (bicyclic) bond motifs is 1. The lowest BCUT2D eigenvalue weighted by atomic mass is 10.1. The van der Waals surface area contributed by atoms with E-state index in [9.17, 15) is 9.59 Å². The van der Waals surface area contributed by atoms with Gasteiger partial charge >= 0.3 is 5.97 Å². The molecule has 0 spiro atoms. The van der Waals surface area contributed by atoms with Crippen molar-refractivity contribution in [1.82, 2.24) is 14.8 Å². The number of nitrogens with zero attached hydrogens (tertiary/aromatic N) is 3. The molecule has 0 fully saturated rings. The Balaban J connectivity index is 1.50. The number of methoxy groups -OCH3 is 1. The van der Waals surface area contributed by atoms with E-state index in [0.717, 1.165) is 43.2 Å². The number of benzene rings is 1. The average molecular weight is 517 g/mol. The Hall–Kier alpha value is -2.62. The first-order valence-electron chi connectivity index (χ1n) is 11.0. The summed E-state index contributed by atoms with van der Waals surface area (Å²) in [5.74, 6) is 0.182. The van der Waals surface area contributed by atoms with E-state index in [0.29, 0.717) is 33.1 Å². The number of nitrogens with one attached hydrogen (secondary N) is 1. The standard InChI is InChI=1S/C24H25ClN4O3S2/c1-3-13-29-21(15-9-11-16(25)12-10-15)27-28-24(29)33-14-19(30)26-22-20(23(31)32-2)17-7-5-4-6-8-18(17)34-22/h3,9-12H,1,4-8,13-14H2,2H3,(H,26,30). The van der Waals surface area contributed by atoms with E-state index in [-0.39, 0.29) is 11.7 Å². The van der Waals surface area contributed by atoms with Gasteiger partial charge in [0.1, 0.15) is 5.00 Å². The summed E-state index contributed by atoms with van der Waals surface area (Å²) in [6, 6.07) is 7.35. The SMILES string of the molecule is C=CCn1c(SCC(=O)Nc2sc3c(c2C(=O)OC)CCCCC3)nnc1-c1ccc(Cl)cc1. The summed E-state index contributed by atoms with van der Waals surface area (Å²) in [4.78, 5) is 26.5. The summed E-state index contributed by atoms with van der Waals surface area (Å²) in [7, 11) is 1.37. The molecule has 0 unspecified atom stereocenters. The molecule has 34 heavy (non-hydrogen) atoms. The number of anilines is 1. The van der Waals surface area contributed by atoms with Crippen LogP contribution in [-0.4, -0.2) is 39.5 Å². The van der Waals surface area contributed by atoms with Crippen LogP contribution in [0.4, 0.5) is 5.00 Å². The molecule has 178 valence electrons. The van der Waals surface area contributed by atoms with Crippen LogP contribution in [0.15, 0.2) is 42.1 Å². The molecule has 4 rings (SSSR count). The van der Waals surface area contributed by atoms with Crippen LogP contribution in [0.25, 0.3) is 11.4 Å². The zero-order valence-corrected chi connectivity index (χ0v) is 21.2. The second-order valence-electron chi connectivity index (χ2n) is 7.81. The van der Waals surface area contributed by atoms with E-state index in [1.807, 2.05) is 16.7 Å². The Labute approximate surface area is 211 Å². The van der Waals surface area contributed by atoms with E-state index < -0.39 is 5.97 Å². The molecule has 0 saturated heterocycles. The number of allylic oxidation sites excluding steroid dienone is 1. The predicted octanol–water partition coefficient (Wildman–Crippen LogP) is 5.63. The third-order valence-electron chi connectivity index (χ3n) is 5.53. The highest BCUT2D eigenvalue weighted by molar-refractivity contribution is 7.99. The highest BCUT2D eigenvalue weighted by atomic mass is 35.5. The lowest BCUT2D eigenvalue weighted by Gasteiger charge is -2.09. The number of halogens is 1. The second-order valence-corrected chi connectivity index (χ2v) is 10.3. The zero-order valence-electron chi connectivity index (χ0n) is 18.8. The number of thioether (sulfide) groups is 1. The maximum Gasteiger partial charge on any atom is 0.341 e. The predicted molar refractivity (Wildman–Crippen MR) is 137 cm³/mol. The number of ether oxygens (including phenoxy) is 1. The van der Waals surface area contributed by atoms with Crippen LogP contribution >= 0.6 is 34.7 Å². The molecule has 0 bridgehead atoms. The fraction of sp³-hybridized carbons (Fsp3) is 0.333. The van der Waals surface area contributed by atoms with Crippen molar-refractivity contribution < 1.29 is 14.3 Å². The summed E-state index contributed by atoms with van der Waals surface area (Å²) in [6.07, 6.45) is 6.78. The second kappa shape index (κ2) is 11.2. The van der Waals surface area contributed by atoms with Crippen molar-refractivity contribution in [3.8, 4) is 11.4 Å². The van der Waals surface area contributed by atoms with Gasteiger partial charge in [-0.05, 0) is 55.5 Å². The maximum atomic E-state index is 12.8. The molecular weight excluding hydrogens is 492 g/mol. The first kappa shape index (κ1) is 24.5. The number of aromatic nitrogens is 3. The quantitative estimate of drug-likeness (QED) is 0.181. The summed E-state index contributed by atoms with van der Waals surface area (Å²) in [5.41, 5.74) is 2.40. The van der Waals surface area contributed by atoms with E-state index in [4.69, 9.17) is 16.3 Å². The number of thiophene rings is 1. The van der Waals surface area contributed by atoms with Crippen LogP contribution < -0.4 is 5.32 Å². The van der Waals surface area contributed by atoms with E-state index in [1.165, 1.54) is 35.1 Å². The van der Waals surface area contributed by atoms with E-state index >= 15 is 0 Å². The number of hydrogen-bond donors (Lipinski definition) is 1. The number of carbonyl (C=O) groups is 2. The van der Waals surface area contributed by atoms with Crippen LogP contribution in [0, 0.1) is 0 Å². The Kier molecular flexibility index (Phi) is 8.07. The van der Waals surface area contributed by atoms with Crippen molar-refractivity contribution in [3.63, 3.8) is 0 Å². The molecule has 0 aliphatic heterocycles. The lowest BCUT2D eigenvalue weighted by Crippen LogP contribution is -2.16. The number of hydrogen-bond acceptors (Lipinski definition) is 7. The fourth-order valence-electron chi connectivity index (χ4n) is 3.94. The van der Waals surface area contributed by atoms with Crippen LogP contribution in [0.2, 0.25) is 5.02 Å². The summed E-state index contributed by atoms with van der Waals surface area (Å²) >= 11 is 8.77. The van der Waals surface area contributed by atoms with Crippen LogP contribution in [0.3, 0.4) is 0 Å². The molecule has 0 saturated carbocycles. The van der Waals surface area contributed by atoms with Gasteiger partial charge < -0.3 is 10.1 Å². The third-order valence-corrected chi connectivity index (χ3v) is 7.95. The minimum absolute atomic E-state index is 0.124. The first-order valence-corrected chi connectivity index (χ1v) is 13.1. The molecule has 1 aliphatic rings. The van der Waals surface area contributed by atoms with Crippen LogP contribution in [0.5, 0.6) is 0 Å². The van der Waals surface area contributed by atoms with E-state index in [2.05, 4.69) is 22.1 Å². The molecule has 1 aliphatic carbocycles. The highest BCUT2D eigenvalue weighted by Gasteiger charge is 2.26. The number of aryl methyl sites for hydroxylation is 1. The van der Waals surface area contributed by atoms with Gasteiger partial charge in [0.05, 0.1) is 18.4 Å². The zero-order chi connectivity index (χ0) is 24.1. The van der Waals surface area contributed by atoms with Gasteiger partial charge in [-0.15, -0.1) is 28.1 Å². The smallest absolute Gasteiger partial charge is 0.341 e. The largest absolute Gasteiger partial charge is 0.465 e. The molecule has 1 N–H and O–H groups in total. The number of esters is 1.